The van der Waals surface area contributed by atoms with E-state index < -0.39 is 41.8 Å². The molecule has 1 heterocycles. The Balaban J connectivity index is 2.57. The molecule has 0 saturated carbocycles. The zero-order valence-corrected chi connectivity index (χ0v) is 12.3. The smallest absolute Gasteiger partial charge is 0.326 e. The molecule has 1 aliphatic heterocycles. The summed E-state index contributed by atoms with van der Waals surface area (Å²) in [5.74, 6) is -3.47. The van der Waals surface area contributed by atoms with Gasteiger partial charge in [0.1, 0.15) is 11.6 Å². The van der Waals surface area contributed by atoms with Gasteiger partial charge in [0.25, 0.3) is 0 Å². The predicted octanol–water partition coefficient (Wildman–Crippen LogP) is -0.576. The summed E-state index contributed by atoms with van der Waals surface area (Å²) in [6.45, 7) is 5.16. The van der Waals surface area contributed by atoms with Crippen molar-refractivity contribution in [2.75, 3.05) is 6.54 Å². The lowest BCUT2D eigenvalue weighted by atomic mass is 10.1. The molecule has 0 aromatic rings. The molecule has 21 heavy (non-hydrogen) atoms. The normalized spacial score (nSPS) is 19.6. The second-order valence-electron chi connectivity index (χ2n) is 5.90. The third-order valence-corrected chi connectivity index (χ3v) is 2.75. The molecule has 0 aliphatic carbocycles. The highest BCUT2D eigenvalue weighted by Crippen LogP contribution is 2.12. The van der Waals surface area contributed by atoms with Crippen molar-refractivity contribution >= 4 is 23.8 Å². The van der Waals surface area contributed by atoms with Gasteiger partial charge in [-0.25, -0.2) is 4.79 Å². The minimum absolute atomic E-state index is 0.0185. The van der Waals surface area contributed by atoms with Crippen molar-refractivity contribution in [1.29, 1.82) is 0 Å². The van der Waals surface area contributed by atoms with Gasteiger partial charge >= 0.3 is 11.9 Å². The standard InChI is InChI=1S/C13H20N2O6/c1-13(2,3)21-10(17)5-8(12(19)20)15-11(18)7-4-9(16)14-6-7/h7-8H,4-6H2,1-3H3,(H,14,16)(H,15,18)(H,19,20)/t7?,8-/m0/s1. The summed E-state index contributed by atoms with van der Waals surface area (Å²) in [6, 6.07) is -1.37. The van der Waals surface area contributed by atoms with Crippen LogP contribution in [0, 0.1) is 5.92 Å². The molecule has 1 unspecified atom stereocenters. The summed E-state index contributed by atoms with van der Waals surface area (Å²) in [5.41, 5.74) is -0.730. The summed E-state index contributed by atoms with van der Waals surface area (Å²) < 4.78 is 5.02. The van der Waals surface area contributed by atoms with Crippen LogP contribution in [0.25, 0.3) is 0 Å². The van der Waals surface area contributed by atoms with Crippen molar-refractivity contribution in [3.05, 3.63) is 0 Å². The summed E-state index contributed by atoms with van der Waals surface area (Å²) in [7, 11) is 0. The molecule has 0 spiro atoms. The number of hydrogen-bond donors (Lipinski definition) is 3. The quantitative estimate of drug-likeness (QED) is 0.584. The van der Waals surface area contributed by atoms with Crippen LogP contribution in [-0.4, -0.2) is 47.0 Å². The number of carboxylic acid groups (broad SMARTS) is 1. The molecule has 0 aromatic carbocycles. The fourth-order valence-corrected chi connectivity index (χ4v) is 1.83. The lowest BCUT2D eigenvalue weighted by Gasteiger charge is -2.21. The van der Waals surface area contributed by atoms with E-state index in [0.29, 0.717) is 0 Å². The maximum atomic E-state index is 11.9. The first-order chi connectivity index (χ1) is 9.58. The van der Waals surface area contributed by atoms with Crippen LogP contribution < -0.4 is 10.6 Å². The van der Waals surface area contributed by atoms with E-state index in [1.54, 1.807) is 20.8 Å². The zero-order valence-electron chi connectivity index (χ0n) is 12.3. The summed E-state index contributed by atoms with van der Waals surface area (Å²) >= 11 is 0. The van der Waals surface area contributed by atoms with Crippen LogP contribution in [0.4, 0.5) is 0 Å². The van der Waals surface area contributed by atoms with E-state index in [0.717, 1.165) is 0 Å². The monoisotopic (exact) mass is 300 g/mol. The molecule has 1 saturated heterocycles. The summed E-state index contributed by atoms with van der Waals surface area (Å²) in [4.78, 5) is 45.6. The Labute approximate surface area is 122 Å². The minimum atomic E-state index is -1.37. The van der Waals surface area contributed by atoms with E-state index in [-0.39, 0.29) is 18.9 Å². The van der Waals surface area contributed by atoms with Gasteiger partial charge in [-0.15, -0.1) is 0 Å². The van der Waals surface area contributed by atoms with Crippen molar-refractivity contribution in [1.82, 2.24) is 10.6 Å². The van der Waals surface area contributed by atoms with Crippen LogP contribution >= 0.6 is 0 Å². The van der Waals surface area contributed by atoms with Gasteiger partial charge in [0.15, 0.2) is 0 Å². The van der Waals surface area contributed by atoms with Gasteiger partial charge in [0.05, 0.1) is 12.3 Å². The lowest BCUT2D eigenvalue weighted by molar-refractivity contribution is -0.158. The Morgan fingerprint density at radius 1 is 1.43 bits per heavy atom. The molecule has 1 fully saturated rings. The molecule has 1 rings (SSSR count). The SMILES string of the molecule is CC(C)(C)OC(=O)C[C@H](NC(=O)C1CNC(=O)C1)C(=O)O. The van der Waals surface area contributed by atoms with Crippen molar-refractivity contribution < 1.29 is 29.0 Å². The van der Waals surface area contributed by atoms with Crippen LogP contribution in [0.1, 0.15) is 33.6 Å². The molecule has 0 aromatic heterocycles. The van der Waals surface area contributed by atoms with E-state index in [2.05, 4.69) is 10.6 Å². The molecule has 8 nitrogen and oxygen atoms in total. The van der Waals surface area contributed by atoms with Crippen LogP contribution in [-0.2, 0) is 23.9 Å². The molecule has 1 aliphatic rings. The highest BCUT2D eigenvalue weighted by atomic mass is 16.6. The number of nitrogens with one attached hydrogen (secondary N) is 2. The van der Waals surface area contributed by atoms with E-state index >= 15 is 0 Å². The average molecular weight is 300 g/mol. The van der Waals surface area contributed by atoms with E-state index in [1.165, 1.54) is 0 Å². The Bertz CT molecular complexity index is 454. The first kappa shape index (κ1) is 16.9. The van der Waals surface area contributed by atoms with Crippen LogP contribution in [0.3, 0.4) is 0 Å². The second kappa shape index (κ2) is 6.55. The van der Waals surface area contributed by atoms with E-state index in [9.17, 15) is 19.2 Å². The highest BCUT2D eigenvalue weighted by molar-refractivity contribution is 5.92. The maximum Gasteiger partial charge on any atom is 0.326 e. The van der Waals surface area contributed by atoms with Gasteiger partial charge in [-0.3, -0.25) is 14.4 Å². The van der Waals surface area contributed by atoms with Gasteiger partial charge in [0.2, 0.25) is 11.8 Å². The number of amides is 2. The second-order valence-corrected chi connectivity index (χ2v) is 5.90. The fourth-order valence-electron chi connectivity index (χ4n) is 1.83. The van der Waals surface area contributed by atoms with Crippen molar-refractivity contribution in [2.24, 2.45) is 5.92 Å². The summed E-state index contributed by atoms with van der Waals surface area (Å²) in [6.07, 6.45) is -0.447. The number of rotatable bonds is 5. The maximum absolute atomic E-state index is 11.9. The number of esters is 1. The number of hydrogen-bond acceptors (Lipinski definition) is 5. The molecular weight excluding hydrogens is 280 g/mol. The Kier molecular flexibility index (Phi) is 5.28. The van der Waals surface area contributed by atoms with Crippen molar-refractivity contribution in [2.45, 2.75) is 45.3 Å². The lowest BCUT2D eigenvalue weighted by Crippen LogP contribution is -2.45. The third-order valence-electron chi connectivity index (χ3n) is 2.75. The Morgan fingerprint density at radius 3 is 2.48 bits per heavy atom. The van der Waals surface area contributed by atoms with Crippen LogP contribution in [0.5, 0.6) is 0 Å². The van der Waals surface area contributed by atoms with Crippen LogP contribution in [0.15, 0.2) is 0 Å². The molecule has 0 radical (unpaired) electrons. The van der Waals surface area contributed by atoms with Crippen LogP contribution in [0.2, 0.25) is 0 Å². The Morgan fingerprint density at radius 2 is 2.05 bits per heavy atom. The largest absolute Gasteiger partial charge is 0.480 e. The van der Waals surface area contributed by atoms with Gasteiger partial charge in [0, 0.05) is 13.0 Å². The molecule has 118 valence electrons. The number of aliphatic carboxylic acids is 1. The number of carbonyl (C=O) groups excluding carboxylic acids is 3. The van der Waals surface area contributed by atoms with E-state index in [4.69, 9.17) is 9.84 Å². The van der Waals surface area contributed by atoms with Gasteiger partial charge in [-0.1, -0.05) is 0 Å². The van der Waals surface area contributed by atoms with E-state index in [1.807, 2.05) is 0 Å². The third kappa shape index (κ3) is 5.80. The average Bonchev–Trinajstić information content (AvgIpc) is 2.72. The van der Waals surface area contributed by atoms with Gasteiger partial charge < -0.3 is 20.5 Å². The topological polar surface area (TPSA) is 122 Å². The van der Waals surface area contributed by atoms with Crippen molar-refractivity contribution in [3.63, 3.8) is 0 Å². The molecule has 8 heteroatoms. The first-order valence-corrected chi connectivity index (χ1v) is 6.60. The number of carboxylic acids is 1. The molecular formula is C13H20N2O6. The zero-order chi connectivity index (χ0) is 16.2. The first-order valence-electron chi connectivity index (χ1n) is 6.60. The van der Waals surface area contributed by atoms with Gasteiger partial charge in [-0.2, -0.15) is 0 Å². The number of ether oxygens (including phenoxy) is 1. The Hall–Kier alpha value is -2.12. The molecule has 2 atom stereocenters. The minimum Gasteiger partial charge on any atom is -0.480 e. The molecule has 2 amide bonds. The summed E-state index contributed by atoms with van der Waals surface area (Å²) in [5, 5.41) is 13.8. The molecule has 3 N–H and O–H groups in total. The predicted molar refractivity (Wildman–Crippen MR) is 71.1 cm³/mol. The molecule has 0 bridgehead atoms. The number of carbonyl (C=O) groups is 4. The van der Waals surface area contributed by atoms with Gasteiger partial charge in [-0.05, 0) is 20.8 Å². The highest BCUT2D eigenvalue weighted by Gasteiger charge is 2.32. The van der Waals surface area contributed by atoms with Crippen molar-refractivity contribution in [3.8, 4) is 0 Å². The fraction of sp³-hybridized carbons (Fsp3) is 0.692.